The molecule has 1 heterocycles. The molecule has 0 radical (unpaired) electrons. The Morgan fingerprint density at radius 2 is 1.86 bits per heavy atom. The molecular formula is C17H23ClN2O. The minimum absolute atomic E-state index is 0.241. The molecule has 3 nitrogen and oxygen atoms in total. The molecule has 0 N–H and O–H groups in total. The zero-order valence-electron chi connectivity index (χ0n) is 12.4. The first-order valence-corrected chi connectivity index (χ1v) is 8.33. The van der Waals surface area contributed by atoms with E-state index in [1.54, 1.807) is 0 Å². The summed E-state index contributed by atoms with van der Waals surface area (Å²) in [5, 5.41) is 0.719. The van der Waals surface area contributed by atoms with Crippen LogP contribution in [-0.4, -0.2) is 48.4 Å². The van der Waals surface area contributed by atoms with Gasteiger partial charge in [0.2, 0.25) is 5.91 Å². The van der Waals surface area contributed by atoms with Crippen LogP contribution < -0.4 is 0 Å². The molecule has 3 rings (SSSR count). The molecule has 1 amide bonds. The molecule has 0 spiro atoms. The third-order valence-corrected chi connectivity index (χ3v) is 4.68. The van der Waals surface area contributed by atoms with Gasteiger partial charge in [0.25, 0.3) is 0 Å². The molecule has 1 saturated heterocycles. The first kappa shape index (κ1) is 14.9. The summed E-state index contributed by atoms with van der Waals surface area (Å²) in [5.41, 5.74) is 1.04. The van der Waals surface area contributed by atoms with E-state index in [-0.39, 0.29) is 5.91 Å². The lowest BCUT2D eigenvalue weighted by Crippen LogP contribution is -2.36. The molecule has 0 unspecified atom stereocenters. The molecule has 1 aliphatic heterocycles. The second-order valence-corrected chi connectivity index (χ2v) is 6.72. The second kappa shape index (κ2) is 6.80. The van der Waals surface area contributed by atoms with Gasteiger partial charge in [0.1, 0.15) is 0 Å². The van der Waals surface area contributed by atoms with Crippen molar-refractivity contribution >= 4 is 17.5 Å². The van der Waals surface area contributed by atoms with Gasteiger partial charge >= 0.3 is 0 Å². The second-order valence-electron chi connectivity index (χ2n) is 6.28. The van der Waals surface area contributed by atoms with Crippen LogP contribution in [0, 0.1) is 5.92 Å². The highest BCUT2D eigenvalue weighted by molar-refractivity contribution is 6.30. The maximum absolute atomic E-state index is 12.4. The van der Waals surface area contributed by atoms with E-state index < -0.39 is 0 Å². The quantitative estimate of drug-likeness (QED) is 0.854. The third-order valence-electron chi connectivity index (χ3n) is 4.42. The Labute approximate surface area is 131 Å². The van der Waals surface area contributed by atoms with Crippen molar-refractivity contribution in [1.82, 2.24) is 9.80 Å². The van der Waals surface area contributed by atoms with Gasteiger partial charge in [0.05, 0.1) is 6.42 Å². The normalized spacial score (nSPS) is 20.3. The Bertz CT molecular complexity index is 484. The van der Waals surface area contributed by atoms with E-state index in [1.807, 2.05) is 29.2 Å². The van der Waals surface area contributed by atoms with Crippen LogP contribution in [0.2, 0.25) is 5.02 Å². The van der Waals surface area contributed by atoms with Crippen molar-refractivity contribution < 1.29 is 4.79 Å². The van der Waals surface area contributed by atoms with E-state index in [9.17, 15) is 4.79 Å². The summed E-state index contributed by atoms with van der Waals surface area (Å²) in [7, 11) is 0. The van der Waals surface area contributed by atoms with Gasteiger partial charge in [-0.2, -0.15) is 0 Å². The van der Waals surface area contributed by atoms with Crippen LogP contribution in [0.25, 0.3) is 0 Å². The predicted molar refractivity (Wildman–Crippen MR) is 85.5 cm³/mol. The maximum atomic E-state index is 12.4. The highest BCUT2D eigenvalue weighted by Crippen LogP contribution is 2.29. The van der Waals surface area contributed by atoms with Crippen LogP contribution in [-0.2, 0) is 11.2 Å². The van der Waals surface area contributed by atoms with Gasteiger partial charge in [0, 0.05) is 31.2 Å². The summed E-state index contributed by atoms with van der Waals surface area (Å²) in [5.74, 6) is 1.17. The summed E-state index contributed by atoms with van der Waals surface area (Å²) >= 11 is 5.88. The third kappa shape index (κ3) is 4.45. The number of hydrogen-bond acceptors (Lipinski definition) is 2. The minimum Gasteiger partial charge on any atom is -0.341 e. The van der Waals surface area contributed by atoms with Crippen LogP contribution in [0.4, 0.5) is 0 Å². The maximum Gasteiger partial charge on any atom is 0.227 e. The number of carbonyl (C=O) groups is 1. The molecule has 2 fully saturated rings. The molecule has 4 heteroatoms. The van der Waals surface area contributed by atoms with Gasteiger partial charge in [0.15, 0.2) is 0 Å². The van der Waals surface area contributed by atoms with Crippen LogP contribution in [0.1, 0.15) is 24.8 Å². The lowest BCUT2D eigenvalue weighted by molar-refractivity contribution is -0.130. The minimum atomic E-state index is 0.241. The lowest BCUT2D eigenvalue weighted by atomic mass is 10.1. The van der Waals surface area contributed by atoms with Crippen molar-refractivity contribution in [2.75, 3.05) is 32.7 Å². The summed E-state index contributed by atoms with van der Waals surface area (Å²) < 4.78 is 0. The van der Waals surface area contributed by atoms with Gasteiger partial charge in [-0.3, -0.25) is 4.79 Å². The molecule has 1 aromatic rings. The van der Waals surface area contributed by atoms with Crippen LogP contribution in [0.5, 0.6) is 0 Å². The van der Waals surface area contributed by atoms with Crippen molar-refractivity contribution in [3.8, 4) is 0 Å². The average molecular weight is 307 g/mol. The van der Waals surface area contributed by atoms with E-state index in [1.165, 1.54) is 19.4 Å². The van der Waals surface area contributed by atoms with Crippen LogP contribution in [0.3, 0.4) is 0 Å². The monoisotopic (exact) mass is 306 g/mol. The van der Waals surface area contributed by atoms with Crippen molar-refractivity contribution in [3.05, 3.63) is 34.9 Å². The average Bonchev–Trinajstić information content (AvgIpc) is 3.29. The molecular weight excluding hydrogens is 284 g/mol. The number of benzene rings is 1. The standard InChI is InChI=1S/C17H23ClN2O/c18-16-6-4-14(5-7-16)12-17(21)20-9-1-8-19(10-11-20)13-15-2-3-15/h4-7,15H,1-3,8-13H2. The zero-order valence-corrected chi connectivity index (χ0v) is 13.2. The van der Waals surface area contributed by atoms with Gasteiger partial charge in [-0.05, 0) is 49.4 Å². The number of carbonyl (C=O) groups excluding carboxylic acids is 1. The predicted octanol–water partition coefficient (Wildman–Crippen LogP) is 2.83. The molecule has 2 aliphatic rings. The Morgan fingerprint density at radius 1 is 1.10 bits per heavy atom. The number of hydrogen-bond donors (Lipinski definition) is 0. The largest absolute Gasteiger partial charge is 0.341 e. The lowest BCUT2D eigenvalue weighted by Gasteiger charge is -2.22. The zero-order chi connectivity index (χ0) is 14.7. The van der Waals surface area contributed by atoms with E-state index in [2.05, 4.69) is 4.90 Å². The van der Waals surface area contributed by atoms with E-state index in [4.69, 9.17) is 11.6 Å². The van der Waals surface area contributed by atoms with Gasteiger partial charge < -0.3 is 9.80 Å². The molecule has 1 aromatic carbocycles. The fraction of sp³-hybridized carbons (Fsp3) is 0.588. The molecule has 114 valence electrons. The fourth-order valence-corrected chi connectivity index (χ4v) is 3.08. The Hall–Kier alpha value is -1.06. The fourth-order valence-electron chi connectivity index (χ4n) is 2.96. The van der Waals surface area contributed by atoms with Gasteiger partial charge in [-0.25, -0.2) is 0 Å². The van der Waals surface area contributed by atoms with Gasteiger partial charge in [-0.1, -0.05) is 23.7 Å². The first-order chi connectivity index (χ1) is 10.2. The van der Waals surface area contributed by atoms with E-state index in [0.29, 0.717) is 6.42 Å². The molecule has 0 aromatic heterocycles. The first-order valence-electron chi connectivity index (χ1n) is 7.95. The summed E-state index contributed by atoms with van der Waals surface area (Å²) in [6.07, 6.45) is 4.38. The topological polar surface area (TPSA) is 23.6 Å². The number of nitrogens with zero attached hydrogens (tertiary/aromatic N) is 2. The van der Waals surface area contributed by atoms with Crippen molar-refractivity contribution in [2.45, 2.75) is 25.7 Å². The van der Waals surface area contributed by atoms with E-state index in [0.717, 1.165) is 49.1 Å². The Kier molecular flexibility index (Phi) is 4.81. The number of rotatable bonds is 4. The smallest absolute Gasteiger partial charge is 0.227 e. The highest BCUT2D eigenvalue weighted by atomic mass is 35.5. The highest BCUT2D eigenvalue weighted by Gasteiger charge is 2.26. The number of halogens is 1. The SMILES string of the molecule is O=C(Cc1ccc(Cl)cc1)N1CCCN(CC2CC2)CC1. The van der Waals surface area contributed by atoms with Crippen LogP contribution >= 0.6 is 11.6 Å². The summed E-state index contributed by atoms with van der Waals surface area (Å²) in [4.78, 5) is 17.0. The molecule has 1 aliphatic carbocycles. The molecule has 0 atom stereocenters. The molecule has 1 saturated carbocycles. The van der Waals surface area contributed by atoms with E-state index >= 15 is 0 Å². The van der Waals surface area contributed by atoms with Gasteiger partial charge in [-0.15, -0.1) is 0 Å². The van der Waals surface area contributed by atoms with Crippen molar-refractivity contribution in [2.24, 2.45) is 5.92 Å². The van der Waals surface area contributed by atoms with Crippen molar-refractivity contribution in [3.63, 3.8) is 0 Å². The molecule has 21 heavy (non-hydrogen) atoms. The van der Waals surface area contributed by atoms with Crippen LogP contribution in [0.15, 0.2) is 24.3 Å². The van der Waals surface area contributed by atoms with Crippen molar-refractivity contribution in [1.29, 1.82) is 0 Å². The summed E-state index contributed by atoms with van der Waals surface area (Å²) in [6.45, 7) is 5.18. The molecule has 0 bridgehead atoms. The summed E-state index contributed by atoms with van der Waals surface area (Å²) in [6, 6.07) is 7.59. The Morgan fingerprint density at radius 3 is 2.57 bits per heavy atom. The Balaban J connectivity index is 1.50. The number of amides is 1.